The molecule has 2 N–H and O–H groups in total. The topological polar surface area (TPSA) is 67.4 Å². The van der Waals surface area contributed by atoms with Crippen molar-refractivity contribution in [3.8, 4) is 0 Å². The first kappa shape index (κ1) is 35.9. The monoisotopic (exact) mass is 710 g/mol. The summed E-state index contributed by atoms with van der Waals surface area (Å²) in [7, 11) is -4.54. The van der Waals surface area contributed by atoms with Gasteiger partial charge in [0.05, 0.1) is 13.2 Å². The molecule has 0 aliphatic carbocycles. The molecule has 0 aromatic heterocycles. The van der Waals surface area contributed by atoms with Crippen molar-refractivity contribution in [1.29, 1.82) is 0 Å². The summed E-state index contributed by atoms with van der Waals surface area (Å²) in [5, 5.41) is 13.2. The molecule has 256 valence electrons. The van der Waals surface area contributed by atoms with Gasteiger partial charge in [-0.15, -0.1) is 0 Å². The molecule has 2 amide bonds. The fourth-order valence-electron chi connectivity index (χ4n) is 6.71. The van der Waals surface area contributed by atoms with Gasteiger partial charge in [0.15, 0.2) is 12.3 Å². The van der Waals surface area contributed by atoms with Gasteiger partial charge in [0, 0.05) is 13.1 Å². The van der Waals surface area contributed by atoms with Crippen LogP contribution in [0.15, 0.2) is 182 Å². The lowest BCUT2D eigenvalue weighted by atomic mass is 10.4. The van der Waals surface area contributed by atoms with E-state index in [0.29, 0.717) is 38.6 Å². The smallest absolute Gasteiger partial charge is 0.258 e. The second kappa shape index (κ2) is 17.8. The molecule has 51 heavy (non-hydrogen) atoms. The van der Waals surface area contributed by atoms with Crippen LogP contribution in [-0.2, 0) is 14.3 Å². The number of nitrogens with one attached hydrogen (secondary N) is 2. The normalized spacial score (nSPS) is 11.5. The first-order valence-electron chi connectivity index (χ1n) is 17.3. The first-order chi connectivity index (χ1) is 25.1. The van der Waals surface area contributed by atoms with Crippen LogP contribution in [0, 0.1) is 0 Å². The SMILES string of the molecule is O=C(C[P+](c1ccccc1)(c1ccccc1)c1ccccc1)NCCOCCNC(=O)C[P+](c1ccccc1)(c1ccccc1)c1ccccc1. The van der Waals surface area contributed by atoms with Crippen LogP contribution in [0.2, 0.25) is 0 Å². The van der Waals surface area contributed by atoms with Crippen molar-refractivity contribution < 1.29 is 14.3 Å². The molecule has 0 saturated carbocycles. The number of ether oxygens (including phenoxy) is 1. The van der Waals surface area contributed by atoms with E-state index >= 15 is 0 Å². The van der Waals surface area contributed by atoms with Crippen molar-refractivity contribution in [2.24, 2.45) is 0 Å². The average Bonchev–Trinajstić information content (AvgIpc) is 3.20. The Labute approximate surface area is 302 Å². The zero-order valence-electron chi connectivity index (χ0n) is 28.7. The summed E-state index contributed by atoms with van der Waals surface area (Å²) in [5.41, 5.74) is 0. The first-order valence-corrected chi connectivity index (χ1v) is 21.3. The third kappa shape index (κ3) is 8.52. The lowest BCUT2D eigenvalue weighted by molar-refractivity contribution is -0.119. The number of carbonyl (C=O) groups is 2. The molecule has 0 spiro atoms. The van der Waals surface area contributed by atoms with Gasteiger partial charge in [0.1, 0.15) is 46.4 Å². The second-order valence-corrected chi connectivity index (χ2v) is 19.2. The molecule has 0 saturated heterocycles. The number of amides is 2. The van der Waals surface area contributed by atoms with Gasteiger partial charge in [0.25, 0.3) is 11.8 Å². The lowest BCUT2D eigenvalue weighted by Gasteiger charge is -2.27. The molecule has 0 radical (unpaired) electrons. The van der Waals surface area contributed by atoms with Crippen LogP contribution in [0.4, 0.5) is 0 Å². The van der Waals surface area contributed by atoms with E-state index in [-0.39, 0.29) is 11.8 Å². The third-order valence-corrected chi connectivity index (χ3v) is 17.7. The molecule has 0 fully saturated rings. The van der Waals surface area contributed by atoms with Gasteiger partial charge in [-0.3, -0.25) is 9.59 Å². The number of hydrogen-bond donors (Lipinski definition) is 2. The van der Waals surface area contributed by atoms with E-state index < -0.39 is 14.5 Å². The molecule has 7 heteroatoms. The Hall–Kier alpha value is -4.92. The highest BCUT2D eigenvalue weighted by molar-refractivity contribution is 7.96. The van der Waals surface area contributed by atoms with Crippen LogP contribution in [-0.4, -0.2) is 50.4 Å². The Bertz CT molecular complexity index is 1610. The predicted molar refractivity (Wildman–Crippen MR) is 217 cm³/mol. The van der Waals surface area contributed by atoms with Crippen molar-refractivity contribution >= 4 is 58.2 Å². The van der Waals surface area contributed by atoms with Gasteiger partial charge in [-0.2, -0.15) is 0 Å². The number of rotatable bonds is 16. The molecule has 6 aromatic rings. The van der Waals surface area contributed by atoms with E-state index in [1.807, 2.05) is 109 Å². The van der Waals surface area contributed by atoms with E-state index in [9.17, 15) is 9.59 Å². The van der Waals surface area contributed by atoms with Gasteiger partial charge >= 0.3 is 0 Å². The fourth-order valence-corrected chi connectivity index (χ4v) is 14.8. The minimum Gasteiger partial charge on any atom is -0.378 e. The fraction of sp³-hybridized carbons (Fsp3) is 0.136. The van der Waals surface area contributed by atoms with Crippen LogP contribution in [0.1, 0.15) is 0 Å². The Balaban J connectivity index is 1.06. The molecule has 0 aliphatic heterocycles. The van der Waals surface area contributed by atoms with E-state index in [0.717, 1.165) is 0 Å². The molecule has 0 aliphatic rings. The Morgan fingerprint density at radius 2 is 0.588 bits per heavy atom. The molecule has 0 unspecified atom stereocenters. The number of hydrogen-bond acceptors (Lipinski definition) is 3. The number of carbonyl (C=O) groups excluding carboxylic acids is 2. The highest BCUT2D eigenvalue weighted by Gasteiger charge is 2.48. The average molecular weight is 711 g/mol. The van der Waals surface area contributed by atoms with Gasteiger partial charge in [-0.05, 0) is 72.8 Å². The third-order valence-electron chi connectivity index (χ3n) is 9.08. The van der Waals surface area contributed by atoms with Gasteiger partial charge in [-0.1, -0.05) is 109 Å². The summed E-state index contributed by atoms with van der Waals surface area (Å²) in [6, 6.07) is 62.4. The maximum absolute atomic E-state index is 13.6. The quantitative estimate of drug-likeness (QED) is 0.107. The molecule has 0 heterocycles. The van der Waals surface area contributed by atoms with Gasteiger partial charge in [0.2, 0.25) is 0 Å². The van der Waals surface area contributed by atoms with Crippen LogP contribution in [0.3, 0.4) is 0 Å². The van der Waals surface area contributed by atoms with Crippen molar-refractivity contribution in [1.82, 2.24) is 10.6 Å². The summed E-state index contributed by atoms with van der Waals surface area (Å²) in [6.07, 6.45) is 0.715. The minimum absolute atomic E-state index is 0.0140. The van der Waals surface area contributed by atoms with E-state index in [4.69, 9.17) is 4.74 Å². The number of benzene rings is 6. The molecule has 5 nitrogen and oxygen atoms in total. The predicted octanol–water partition coefficient (Wildman–Crippen LogP) is 5.22. The Morgan fingerprint density at radius 3 is 0.804 bits per heavy atom. The largest absolute Gasteiger partial charge is 0.378 e. The summed E-state index contributed by atoms with van der Waals surface area (Å²) in [4.78, 5) is 27.3. The van der Waals surface area contributed by atoms with Crippen LogP contribution < -0.4 is 42.5 Å². The van der Waals surface area contributed by atoms with Crippen molar-refractivity contribution in [2.75, 3.05) is 38.6 Å². The van der Waals surface area contributed by atoms with E-state index in [2.05, 4.69) is 83.4 Å². The molecule has 6 aromatic carbocycles. The summed E-state index contributed by atoms with van der Waals surface area (Å²) >= 11 is 0. The summed E-state index contributed by atoms with van der Waals surface area (Å²) < 4.78 is 5.89. The molecule has 0 bridgehead atoms. The van der Waals surface area contributed by atoms with E-state index in [1.54, 1.807) is 0 Å². The van der Waals surface area contributed by atoms with Crippen LogP contribution in [0.25, 0.3) is 0 Å². The van der Waals surface area contributed by atoms with Gasteiger partial charge < -0.3 is 15.4 Å². The summed E-state index contributed by atoms with van der Waals surface area (Å²) in [5.74, 6) is -0.0281. The molecular weight excluding hydrogens is 666 g/mol. The molecule has 6 rings (SSSR count). The molecule has 0 atom stereocenters. The maximum atomic E-state index is 13.6. The van der Waals surface area contributed by atoms with Crippen molar-refractivity contribution in [3.63, 3.8) is 0 Å². The van der Waals surface area contributed by atoms with Crippen molar-refractivity contribution in [2.45, 2.75) is 0 Å². The Kier molecular flexibility index (Phi) is 12.6. The highest BCUT2D eigenvalue weighted by Crippen LogP contribution is 2.56. The van der Waals surface area contributed by atoms with Gasteiger partial charge in [-0.25, -0.2) is 0 Å². The standard InChI is InChI=1S/C44H42N2O3P2/c47-43(35-50(37-19-7-1-8-20-37,38-21-9-2-10-22-38)39-23-11-3-12-24-39)45-31-33-49-34-32-46-44(48)36-51(40-25-13-4-14-26-40,41-27-15-5-16-28-41)42-29-17-6-18-30-42/h1-30H,31-36H2/p+2. The van der Waals surface area contributed by atoms with E-state index in [1.165, 1.54) is 31.8 Å². The minimum atomic E-state index is -2.27. The maximum Gasteiger partial charge on any atom is 0.258 e. The highest BCUT2D eigenvalue weighted by atomic mass is 31.2. The Morgan fingerprint density at radius 1 is 0.373 bits per heavy atom. The van der Waals surface area contributed by atoms with Crippen LogP contribution >= 0.6 is 14.5 Å². The summed E-state index contributed by atoms with van der Waals surface area (Å²) in [6.45, 7) is 1.47. The van der Waals surface area contributed by atoms with Crippen molar-refractivity contribution in [3.05, 3.63) is 182 Å². The molecular formula is C44H44N2O3P2+2. The second-order valence-electron chi connectivity index (χ2n) is 12.3. The zero-order chi connectivity index (χ0) is 35.2. The van der Waals surface area contributed by atoms with Crippen LogP contribution in [0.5, 0.6) is 0 Å². The lowest BCUT2D eigenvalue weighted by Crippen LogP contribution is -2.40. The zero-order valence-corrected chi connectivity index (χ0v) is 30.5.